The predicted octanol–water partition coefficient (Wildman–Crippen LogP) is 1.58. The molecule has 1 aromatic carbocycles. The number of carbonyl (C=O) groups is 1. The molecule has 13 heavy (non-hydrogen) atoms. The van der Waals surface area contributed by atoms with Crippen molar-refractivity contribution in [2.24, 2.45) is 0 Å². The molecule has 0 aromatic heterocycles. The van der Waals surface area contributed by atoms with E-state index >= 15 is 0 Å². The van der Waals surface area contributed by atoms with Crippen LogP contribution in [0.3, 0.4) is 0 Å². The minimum Gasteiger partial charge on any atom is -0.385 e. The SMILES string of the molecule is O=CC(O)Cc1cc(Cl)ccc1F. The minimum atomic E-state index is -1.17. The Balaban J connectivity index is 2.86. The summed E-state index contributed by atoms with van der Waals surface area (Å²) in [4.78, 5) is 10.1. The van der Waals surface area contributed by atoms with Crippen LogP contribution in [0.25, 0.3) is 0 Å². The van der Waals surface area contributed by atoms with Crippen LogP contribution in [0.4, 0.5) is 4.39 Å². The van der Waals surface area contributed by atoms with Crippen molar-refractivity contribution in [1.29, 1.82) is 0 Å². The normalized spacial score (nSPS) is 12.5. The van der Waals surface area contributed by atoms with Crippen molar-refractivity contribution in [2.45, 2.75) is 12.5 Å². The number of hydrogen-bond donors (Lipinski definition) is 1. The molecule has 1 aromatic rings. The maximum atomic E-state index is 13.0. The van der Waals surface area contributed by atoms with Crippen molar-refractivity contribution in [1.82, 2.24) is 0 Å². The number of hydrogen-bond acceptors (Lipinski definition) is 2. The molecule has 1 atom stereocenters. The smallest absolute Gasteiger partial charge is 0.148 e. The molecule has 0 heterocycles. The monoisotopic (exact) mass is 202 g/mol. The topological polar surface area (TPSA) is 37.3 Å². The largest absolute Gasteiger partial charge is 0.385 e. The fourth-order valence-electron chi connectivity index (χ4n) is 0.973. The van der Waals surface area contributed by atoms with Crippen LogP contribution in [-0.4, -0.2) is 17.5 Å². The second-order valence-electron chi connectivity index (χ2n) is 2.64. The number of rotatable bonds is 3. The highest BCUT2D eigenvalue weighted by Gasteiger charge is 2.08. The number of aliphatic hydroxyl groups is 1. The molecular formula is C9H8ClFO2. The van der Waals surface area contributed by atoms with Crippen LogP contribution in [0, 0.1) is 5.82 Å². The highest BCUT2D eigenvalue weighted by molar-refractivity contribution is 6.30. The lowest BCUT2D eigenvalue weighted by Crippen LogP contribution is -2.12. The lowest BCUT2D eigenvalue weighted by Gasteiger charge is -2.04. The second-order valence-corrected chi connectivity index (χ2v) is 3.08. The van der Waals surface area contributed by atoms with E-state index in [0.29, 0.717) is 11.3 Å². The number of aldehydes is 1. The molecule has 4 heteroatoms. The molecule has 0 aliphatic carbocycles. The molecule has 0 fully saturated rings. The Kier molecular flexibility index (Phi) is 3.39. The Labute approximate surface area is 80.0 Å². The van der Waals surface area contributed by atoms with E-state index in [1.54, 1.807) is 0 Å². The van der Waals surface area contributed by atoms with Crippen molar-refractivity contribution < 1.29 is 14.3 Å². The molecular weight excluding hydrogens is 195 g/mol. The highest BCUT2D eigenvalue weighted by Crippen LogP contribution is 2.15. The van der Waals surface area contributed by atoms with E-state index < -0.39 is 11.9 Å². The maximum absolute atomic E-state index is 13.0. The van der Waals surface area contributed by atoms with Gasteiger partial charge in [-0.3, -0.25) is 0 Å². The van der Waals surface area contributed by atoms with Crippen LogP contribution in [0.1, 0.15) is 5.56 Å². The number of aliphatic hydroxyl groups excluding tert-OH is 1. The van der Waals surface area contributed by atoms with Gasteiger partial charge in [0.1, 0.15) is 18.2 Å². The van der Waals surface area contributed by atoms with Crippen LogP contribution in [0.15, 0.2) is 18.2 Å². The van der Waals surface area contributed by atoms with E-state index in [9.17, 15) is 9.18 Å². The summed E-state index contributed by atoms with van der Waals surface area (Å²) < 4.78 is 13.0. The fourth-order valence-corrected chi connectivity index (χ4v) is 1.17. The van der Waals surface area contributed by atoms with Gasteiger partial charge in [-0.15, -0.1) is 0 Å². The zero-order chi connectivity index (χ0) is 9.84. The lowest BCUT2D eigenvalue weighted by atomic mass is 10.1. The Morgan fingerprint density at radius 1 is 1.62 bits per heavy atom. The summed E-state index contributed by atoms with van der Waals surface area (Å²) in [6.07, 6.45) is -0.857. The average Bonchev–Trinajstić information content (AvgIpc) is 2.11. The summed E-state index contributed by atoms with van der Waals surface area (Å²) in [5.74, 6) is -0.467. The summed E-state index contributed by atoms with van der Waals surface area (Å²) in [5, 5.41) is 9.33. The zero-order valence-electron chi connectivity index (χ0n) is 6.71. The van der Waals surface area contributed by atoms with Crippen LogP contribution < -0.4 is 0 Å². The molecule has 0 radical (unpaired) electrons. The first-order valence-corrected chi connectivity index (χ1v) is 4.08. The zero-order valence-corrected chi connectivity index (χ0v) is 7.46. The van der Waals surface area contributed by atoms with Gasteiger partial charge >= 0.3 is 0 Å². The summed E-state index contributed by atoms with van der Waals surface area (Å²) in [6, 6.07) is 4.01. The quantitative estimate of drug-likeness (QED) is 0.756. The molecule has 0 amide bonds. The third-order valence-corrected chi connectivity index (χ3v) is 1.83. The van der Waals surface area contributed by atoms with Crippen molar-refractivity contribution in [3.8, 4) is 0 Å². The van der Waals surface area contributed by atoms with E-state index in [-0.39, 0.29) is 12.0 Å². The maximum Gasteiger partial charge on any atom is 0.148 e. The molecule has 1 unspecified atom stereocenters. The third kappa shape index (κ3) is 2.79. The van der Waals surface area contributed by atoms with Gasteiger partial charge in [-0.2, -0.15) is 0 Å². The van der Waals surface area contributed by atoms with Gasteiger partial charge in [-0.1, -0.05) is 11.6 Å². The molecule has 0 aliphatic rings. The summed E-state index contributed by atoms with van der Waals surface area (Å²) >= 11 is 5.61. The molecule has 0 aliphatic heterocycles. The lowest BCUT2D eigenvalue weighted by molar-refractivity contribution is -0.114. The van der Waals surface area contributed by atoms with Gasteiger partial charge in [0.15, 0.2) is 0 Å². The van der Waals surface area contributed by atoms with Gasteiger partial charge in [0.25, 0.3) is 0 Å². The second kappa shape index (κ2) is 4.35. The first kappa shape index (κ1) is 10.2. The van der Waals surface area contributed by atoms with Gasteiger partial charge in [0, 0.05) is 11.4 Å². The molecule has 0 bridgehead atoms. The van der Waals surface area contributed by atoms with Crippen molar-refractivity contribution in [2.75, 3.05) is 0 Å². The number of halogens is 2. The van der Waals surface area contributed by atoms with Crippen molar-refractivity contribution in [3.63, 3.8) is 0 Å². The van der Waals surface area contributed by atoms with Crippen molar-refractivity contribution >= 4 is 17.9 Å². The van der Waals surface area contributed by atoms with Gasteiger partial charge in [-0.25, -0.2) is 4.39 Å². The molecule has 1 N–H and O–H groups in total. The number of carbonyl (C=O) groups excluding carboxylic acids is 1. The molecule has 0 spiro atoms. The van der Waals surface area contributed by atoms with E-state index in [0.717, 1.165) is 0 Å². The summed E-state index contributed by atoms with van der Waals surface area (Å²) in [7, 11) is 0. The van der Waals surface area contributed by atoms with Gasteiger partial charge < -0.3 is 9.90 Å². The van der Waals surface area contributed by atoms with Crippen molar-refractivity contribution in [3.05, 3.63) is 34.6 Å². The van der Waals surface area contributed by atoms with E-state index in [4.69, 9.17) is 16.7 Å². The van der Waals surface area contributed by atoms with E-state index in [1.807, 2.05) is 0 Å². The minimum absolute atomic E-state index is 0.0457. The molecule has 2 nitrogen and oxygen atoms in total. The summed E-state index contributed by atoms with van der Waals surface area (Å²) in [5.41, 5.74) is 0.243. The Bertz CT molecular complexity index is 314. The first-order valence-electron chi connectivity index (χ1n) is 3.71. The Morgan fingerprint density at radius 3 is 2.92 bits per heavy atom. The molecule has 0 saturated carbocycles. The van der Waals surface area contributed by atoms with E-state index in [2.05, 4.69) is 0 Å². The standard InChI is InChI=1S/C9H8ClFO2/c10-7-1-2-9(11)6(3-7)4-8(13)5-12/h1-3,5,8,13H,4H2. The van der Waals surface area contributed by atoms with Crippen LogP contribution in [0.5, 0.6) is 0 Å². The van der Waals surface area contributed by atoms with Gasteiger partial charge in [-0.05, 0) is 23.8 Å². The van der Waals surface area contributed by atoms with Crippen LogP contribution in [-0.2, 0) is 11.2 Å². The van der Waals surface area contributed by atoms with E-state index in [1.165, 1.54) is 18.2 Å². The molecule has 70 valence electrons. The predicted molar refractivity (Wildman–Crippen MR) is 47.2 cm³/mol. The molecule has 0 saturated heterocycles. The summed E-state index contributed by atoms with van der Waals surface area (Å²) in [6.45, 7) is 0. The van der Waals surface area contributed by atoms with Crippen LogP contribution in [0.2, 0.25) is 5.02 Å². The Hall–Kier alpha value is -0.930. The molecule has 1 rings (SSSR count). The van der Waals surface area contributed by atoms with Crippen LogP contribution >= 0.6 is 11.6 Å². The third-order valence-electron chi connectivity index (χ3n) is 1.59. The Morgan fingerprint density at radius 2 is 2.31 bits per heavy atom. The highest BCUT2D eigenvalue weighted by atomic mass is 35.5. The average molecular weight is 203 g/mol. The first-order chi connectivity index (χ1) is 6.13. The van der Waals surface area contributed by atoms with Gasteiger partial charge in [0.05, 0.1) is 0 Å². The number of benzene rings is 1. The fraction of sp³-hybridized carbons (Fsp3) is 0.222. The van der Waals surface area contributed by atoms with Gasteiger partial charge in [0.2, 0.25) is 0 Å².